The van der Waals surface area contributed by atoms with Crippen LogP contribution in [0.5, 0.6) is 0 Å². The maximum Gasteiger partial charge on any atom is 0.347 e. The van der Waals surface area contributed by atoms with Gasteiger partial charge in [-0.3, -0.25) is 0 Å². The molecule has 6 heteroatoms. The van der Waals surface area contributed by atoms with Crippen LogP contribution in [0.15, 0.2) is 33.7 Å². The van der Waals surface area contributed by atoms with E-state index in [0.29, 0.717) is 11.5 Å². The molecule has 1 atom stereocenters. The third kappa shape index (κ3) is 7.92. The third-order valence-corrected chi connectivity index (χ3v) is 6.03. The molecule has 2 rings (SSSR count). The Morgan fingerprint density at radius 3 is 2.57 bits per heavy atom. The first-order valence-corrected chi connectivity index (χ1v) is 11.4. The normalized spacial score (nSPS) is 18.4. The van der Waals surface area contributed by atoms with Crippen LogP contribution in [0.4, 0.5) is 10.5 Å². The lowest BCUT2D eigenvalue weighted by molar-refractivity contribution is 0.186. The minimum absolute atomic E-state index is 0.167. The number of urea groups is 1. The zero-order valence-electron chi connectivity index (χ0n) is 17.3. The minimum Gasteiger partial charge on any atom is -0.387 e. The van der Waals surface area contributed by atoms with Crippen molar-refractivity contribution in [3.8, 4) is 0 Å². The second-order valence-corrected chi connectivity index (χ2v) is 8.76. The van der Waals surface area contributed by atoms with Crippen molar-refractivity contribution in [2.24, 2.45) is 22.6 Å². The highest BCUT2D eigenvalue weighted by Gasteiger charge is 2.23. The summed E-state index contributed by atoms with van der Waals surface area (Å²) < 4.78 is 0.968. The topological polar surface area (TPSA) is 70.7 Å². The number of halogens is 1. The fourth-order valence-electron chi connectivity index (χ4n) is 4.01. The van der Waals surface area contributed by atoms with Crippen molar-refractivity contribution in [2.75, 3.05) is 25.0 Å². The molecule has 1 aliphatic rings. The molecule has 0 radical (unpaired) electrons. The number of nitrogens with zero attached hydrogens (tertiary/aromatic N) is 2. The molecule has 0 bridgehead atoms. The van der Waals surface area contributed by atoms with Gasteiger partial charge >= 0.3 is 6.03 Å². The molecule has 0 aromatic heterocycles. The van der Waals surface area contributed by atoms with Gasteiger partial charge in [-0.15, -0.1) is 0 Å². The van der Waals surface area contributed by atoms with Gasteiger partial charge in [-0.1, -0.05) is 55.5 Å². The van der Waals surface area contributed by atoms with E-state index in [9.17, 15) is 4.79 Å². The quantitative estimate of drug-likeness (QED) is 0.376. The summed E-state index contributed by atoms with van der Waals surface area (Å²) in [7, 11) is 0. The summed E-state index contributed by atoms with van der Waals surface area (Å²) in [5, 5.41) is 2.78. The number of aliphatic imine (C=N–C) groups is 1. The summed E-state index contributed by atoms with van der Waals surface area (Å²) >= 11 is 3.38. The van der Waals surface area contributed by atoms with Gasteiger partial charge in [0.1, 0.15) is 5.84 Å². The number of amidine groups is 1. The Balaban J connectivity index is 1.84. The first-order valence-electron chi connectivity index (χ1n) is 10.6. The molecule has 1 aromatic rings. The van der Waals surface area contributed by atoms with Crippen molar-refractivity contribution in [1.82, 2.24) is 4.90 Å². The number of hydrogen-bond donors (Lipinski definition) is 2. The minimum atomic E-state index is -0.400. The second kappa shape index (κ2) is 12.2. The lowest BCUT2D eigenvalue weighted by Gasteiger charge is -2.33. The smallest absolute Gasteiger partial charge is 0.347 e. The zero-order valence-corrected chi connectivity index (χ0v) is 18.9. The molecule has 1 saturated heterocycles. The molecule has 1 aliphatic heterocycles. The highest BCUT2D eigenvalue weighted by atomic mass is 79.9. The highest BCUT2D eigenvalue weighted by molar-refractivity contribution is 9.10. The molecular weight excluding hydrogens is 416 g/mol. The molecule has 28 heavy (non-hydrogen) atoms. The van der Waals surface area contributed by atoms with E-state index in [2.05, 4.69) is 45.0 Å². The Bertz CT molecular complexity index is 626. The standard InChI is InChI=1S/C22H35BrN4O/c1-3-6-17(7-4-2)13-15-27-14-5-8-18(16-27)21(24)26-22(28)25-20-11-9-19(23)10-12-20/h9-12,17-18H,3-8,13-16H2,1-2H3,(H3,24,25,26,28). The van der Waals surface area contributed by atoms with Gasteiger partial charge in [-0.2, -0.15) is 4.99 Å². The zero-order chi connectivity index (χ0) is 20.4. The summed E-state index contributed by atoms with van der Waals surface area (Å²) in [4.78, 5) is 18.8. The van der Waals surface area contributed by atoms with Crippen LogP contribution in [0, 0.1) is 11.8 Å². The van der Waals surface area contributed by atoms with Crippen molar-refractivity contribution in [1.29, 1.82) is 0 Å². The van der Waals surface area contributed by atoms with Gasteiger partial charge in [0.2, 0.25) is 0 Å². The van der Waals surface area contributed by atoms with Crippen LogP contribution in [0.25, 0.3) is 0 Å². The molecule has 156 valence electrons. The molecule has 0 spiro atoms. The Hall–Kier alpha value is -1.40. The Morgan fingerprint density at radius 1 is 1.25 bits per heavy atom. The maximum absolute atomic E-state index is 12.2. The number of nitrogens with one attached hydrogen (secondary N) is 1. The van der Waals surface area contributed by atoms with E-state index in [1.54, 1.807) is 0 Å². The van der Waals surface area contributed by atoms with Crippen molar-refractivity contribution in [2.45, 2.75) is 58.8 Å². The third-order valence-electron chi connectivity index (χ3n) is 5.50. The number of carbonyl (C=O) groups excluding carboxylic acids is 1. The van der Waals surface area contributed by atoms with Crippen LogP contribution >= 0.6 is 15.9 Å². The van der Waals surface area contributed by atoms with Crippen LogP contribution in [0.1, 0.15) is 58.8 Å². The maximum atomic E-state index is 12.2. The fourth-order valence-corrected chi connectivity index (χ4v) is 4.27. The van der Waals surface area contributed by atoms with Crippen LogP contribution in [-0.2, 0) is 0 Å². The van der Waals surface area contributed by atoms with Gasteiger partial charge < -0.3 is 16.0 Å². The molecule has 5 nitrogen and oxygen atoms in total. The number of anilines is 1. The summed E-state index contributed by atoms with van der Waals surface area (Å²) in [5.41, 5.74) is 6.91. The van der Waals surface area contributed by atoms with Crippen molar-refractivity contribution >= 4 is 33.5 Å². The van der Waals surface area contributed by atoms with Crippen LogP contribution in [0.3, 0.4) is 0 Å². The number of rotatable bonds is 9. The number of likely N-dealkylation sites (tertiary alicyclic amines) is 1. The molecule has 0 saturated carbocycles. The Kier molecular flexibility index (Phi) is 9.99. The average Bonchev–Trinajstić information content (AvgIpc) is 2.68. The molecule has 3 N–H and O–H groups in total. The van der Waals surface area contributed by atoms with E-state index in [4.69, 9.17) is 5.73 Å². The first kappa shape index (κ1) is 22.9. The highest BCUT2D eigenvalue weighted by Crippen LogP contribution is 2.22. The lowest BCUT2D eigenvalue weighted by atomic mass is 9.93. The molecule has 1 fully saturated rings. The van der Waals surface area contributed by atoms with Gasteiger partial charge in [0.25, 0.3) is 0 Å². The number of hydrogen-bond acceptors (Lipinski definition) is 2. The lowest BCUT2D eigenvalue weighted by Crippen LogP contribution is -2.42. The number of carbonyl (C=O) groups is 1. The van der Waals surface area contributed by atoms with E-state index >= 15 is 0 Å². The van der Waals surface area contributed by atoms with E-state index in [1.807, 2.05) is 24.3 Å². The van der Waals surface area contributed by atoms with Gasteiger partial charge in [-0.05, 0) is 62.5 Å². The molecule has 0 aliphatic carbocycles. The average molecular weight is 451 g/mol. The molecule has 2 amide bonds. The van der Waals surface area contributed by atoms with Crippen molar-refractivity contribution in [3.05, 3.63) is 28.7 Å². The van der Waals surface area contributed by atoms with Gasteiger partial charge in [0, 0.05) is 22.6 Å². The Morgan fingerprint density at radius 2 is 1.93 bits per heavy atom. The number of benzene rings is 1. The van der Waals surface area contributed by atoms with Crippen LogP contribution < -0.4 is 11.1 Å². The molecule has 1 unspecified atom stereocenters. The van der Waals surface area contributed by atoms with Crippen molar-refractivity contribution < 1.29 is 4.79 Å². The number of nitrogens with two attached hydrogens (primary N) is 1. The number of piperidine rings is 1. The largest absolute Gasteiger partial charge is 0.387 e. The van der Waals surface area contributed by atoms with Crippen molar-refractivity contribution in [3.63, 3.8) is 0 Å². The van der Waals surface area contributed by atoms with E-state index < -0.39 is 6.03 Å². The van der Waals surface area contributed by atoms with Gasteiger partial charge in [0.05, 0.1) is 0 Å². The summed E-state index contributed by atoms with van der Waals surface area (Å²) in [6.07, 6.45) is 8.55. The Labute approximate surface area is 178 Å². The predicted octanol–water partition coefficient (Wildman–Crippen LogP) is 5.66. The monoisotopic (exact) mass is 450 g/mol. The molecule has 1 aromatic carbocycles. The van der Waals surface area contributed by atoms with E-state index in [1.165, 1.54) is 32.1 Å². The molecular formula is C22H35BrN4O. The summed E-state index contributed by atoms with van der Waals surface area (Å²) in [6, 6.07) is 7.03. The van der Waals surface area contributed by atoms with Crippen LogP contribution in [0.2, 0.25) is 0 Å². The van der Waals surface area contributed by atoms with E-state index in [-0.39, 0.29) is 5.92 Å². The van der Waals surface area contributed by atoms with Crippen LogP contribution in [-0.4, -0.2) is 36.4 Å². The first-order chi connectivity index (χ1) is 13.5. The fraction of sp³-hybridized carbons (Fsp3) is 0.636. The predicted molar refractivity (Wildman–Crippen MR) is 122 cm³/mol. The van der Waals surface area contributed by atoms with E-state index in [0.717, 1.165) is 42.9 Å². The number of amides is 2. The molecule has 1 heterocycles. The summed E-state index contributed by atoms with van der Waals surface area (Å²) in [5.74, 6) is 1.45. The van der Waals surface area contributed by atoms with Gasteiger partial charge in [0.15, 0.2) is 0 Å². The van der Waals surface area contributed by atoms with Gasteiger partial charge in [-0.25, -0.2) is 4.79 Å². The second-order valence-electron chi connectivity index (χ2n) is 7.85. The SMILES string of the molecule is CCCC(CCC)CCN1CCCC(/C(N)=N/C(=O)Nc2ccc(Br)cc2)C1. The summed E-state index contributed by atoms with van der Waals surface area (Å²) in [6.45, 7) is 7.71.